The smallest absolute Gasteiger partial charge is 0.240 e. The van der Waals surface area contributed by atoms with E-state index in [1.54, 1.807) is 4.52 Å². The van der Waals surface area contributed by atoms with E-state index >= 15 is 0 Å². The average molecular weight is 426 g/mol. The zero-order valence-electron chi connectivity index (χ0n) is 17.9. The number of aromatic nitrogens is 8. The minimum absolute atomic E-state index is 0.262. The molecule has 32 heavy (non-hydrogen) atoms. The van der Waals surface area contributed by atoms with Gasteiger partial charge in [-0.2, -0.15) is 14.7 Å². The van der Waals surface area contributed by atoms with Crippen LogP contribution >= 0.6 is 0 Å². The Bertz CT molecular complexity index is 1370. The van der Waals surface area contributed by atoms with Crippen molar-refractivity contribution in [1.82, 2.24) is 40.2 Å². The van der Waals surface area contributed by atoms with E-state index in [0.717, 1.165) is 57.8 Å². The van der Waals surface area contributed by atoms with Crippen LogP contribution in [0.5, 0.6) is 0 Å². The maximum Gasteiger partial charge on any atom is 0.240 e. The summed E-state index contributed by atoms with van der Waals surface area (Å²) >= 11 is 0. The van der Waals surface area contributed by atoms with Crippen molar-refractivity contribution in [3.05, 3.63) is 71.2 Å². The highest BCUT2D eigenvalue weighted by Gasteiger charge is 2.16. The Morgan fingerprint density at radius 1 is 1.00 bits per heavy atom. The summed E-state index contributed by atoms with van der Waals surface area (Å²) in [5, 5.41) is 18.8. The third kappa shape index (κ3) is 3.58. The number of nitrogens with one attached hydrogen (secondary N) is 1. The Kier molecular flexibility index (Phi) is 5.06. The molecule has 0 aliphatic carbocycles. The number of nitrogen functional groups attached to an aromatic ring is 1. The fourth-order valence-corrected chi connectivity index (χ4v) is 4.02. The van der Waals surface area contributed by atoms with E-state index in [-0.39, 0.29) is 5.95 Å². The molecule has 0 fully saturated rings. The van der Waals surface area contributed by atoms with Crippen LogP contribution in [0.15, 0.2) is 48.5 Å². The highest BCUT2D eigenvalue weighted by Crippen LogP contribution is 2.30. The second-order valence-corrected chi connectivity index (χ2v) is 7.69. The molecular formula is C23H23N9. The van der Waals surface area contributed by atoms with E-state index in [9.17, 15) is 0 Å². The van der Waals surface area contributed by atoms with E-state index in [0.29, 0.717) is 12.2 Å². The van der Waals surface area contributed by atoms with Gasteiger partial charge in [-0.3, -0.25) is 0 Å². The molecule has 0 atom stereocenters. The Morgan fingerprint density at radius 2 is 1.78 bits per heavy atom. The van der Waals surface area contributed by atoms with Gasteiger partial charge in [-0.05, 0) is 35.2 Å². The highest BCUT2D eigenvalue weighted by molar-refractivity contribution is 5.80. The third-order valence-electron chi connectivity index (χ3n) is 5.49. The topological polar surface area (TPSA) is 124 Å². The Labute approximate surface area is 184 Å². The number of hydrogen-bond donors (Lipinski definition) is 2. The molecule has 0 aliphatic heterocycles. The summed E-state index contributed by atoms with van der Waals surface area (Å²) in [6.07, 6.45) is 2.59. The second kappa shape index (κ2) is 8.18. The van der Waals surface area contributed by atoms with Crippen LogP contribution in [-0.4, -0.2) is 40.2 Å². The first-order chi connectivity index (χ1) is 15.6. The van der Waals surface area contributed by atoms with E-state index in [1.807, 2.05) is 25.1 Å². The zero-order chi connectivity index (χ0) is 22.1. The molecule has 0 aliphatic rings. The lowest BCUT2D eigenvalue weighted by Crippen LogP contribution is -2.08. The van der Waals surface area contributed by atoms with Crippen molar-refractivity contribution >= 4 is 11.6 Å². The van der Waals surface area contributed by atoms with Gasteiger partial charge in [0.1, 0.15) is 5.82 Å². The third-order valence-corrected chi connectivity index (χ3v) is 5.49. The summed E-state index contributed by atoms with van der Waals surface area (Å²) in [4.78, 5) is 9.27. The fraction of sp³-hybridized carbons (Fsp3) is 0.217. The molecule has 3 aromatic heterocycles. The van der Waals surface area contributed by atoms with Crippen LogP contribution in [0.4, 0.5) is 5.95 Å². The van der Waals surface area contributed by atoms with Crippen molar-refractivity contribution in [1.29, 1.82) is 0 Å². The Balaban J connectivity index is 1.51. The molecular weight excluding hydrogens is 402 g/mol. The number of benzene rings is 2. The van der Waals surface area contributed by atoms with Gasteiger partial charge in [0.25, 0.3) is 0 Å². The molecule has 5 aromatic rings. The van der Waals surface area contributed by atoms with Gasteiger partial charge in [0.2, 0.25) is 11.8 Å². The van der Waals surface area contributed by atoms with Crippen molar-refractivity contribution in [2.45, 2.75) is 33.1 Å². The van der Waals surface area contributed by atoms with Crippen LogP contribution in [0.2, 0.25) is 0 Å². The molecule has 0 radical (unpaired) electrons. The summed E-state index contributed by atoms with van der Waals surface area (Å²) in [7, 11) is 0. The lowest BCUT2D eigenvalue weighted by atomic mass is 9.96. The zero-order valence-corrected chi connectivity index (χ0v) is 17.9. The number of nitrogens with zero attached hydrogens (tertiary/aromatic N) is 7. The van der Waals surface area contributed by atoms with Crippen LogP contribution < -0.4 is 5.73 Å². The largest absolute Gasteiger partial charge is 0.366 e. The molecule has 3 heterocycles. The average Bonchev–Trinajstić information content (AvgIpc) is 3.47. The van der Waals surface area contributed by atoms with Crippen molar-refractivity contribution < 1.29 is 0 Å². The van der Waals surface area contributed by atoms with Crippen LogP contribution in [-0.2, 0) is 12.8 Å². The SMILES string of the molecule is CCCc1nc(C)n2nc(N)nc2c1Cc1ccc(-c2ccccc2-c2nn[nH]n2)cc1. The lowest BCUT2D eigenvalue weighted by molar-refractivity contribution is 0.793. The highest BCUT2D eigenvalue weighted by atomic mass is 15.5. The monoisotopic (exact) mass is 425 g/mol. The first-order valence-corrected chi connectivity index (χ1v) is 10.6. The van der Waals surface area contributed by atoms with E-state index in [1.165, 1.54) is 0 Å². The molecule has 9 nitrogen and oxygen atoms in total. The number of aryl methyl sites for hydroxylation is 2. The van der Waals surface area contributed by atoms with Crippen molar-refractivity contribution in [2.24, 2.45) is 0 Å². The molecule has 0 amide bonds. The van der Waals surface area contributed by atoms with E-state index in [2.05, 4.69) is 68.0 Å². The van der Waals surface area contributed by atoms with Gasteiger partial charge in [-0.25, -0.2) is 4.98 Å². The normalized spacial score (nSPS) is 11.3. The van der Waals surface area contributed by atoms with Crippen LogP contribution in [0, 0.1) is 6.92 Å². The van der Waals surface area contributed by atoms with Gasteiger partial charge in [-0.15, -0.1) is 15.3 Å². The molecule has 0 bridgehead atoms. The molecule has 3 N–H and O–H groups in total. The molecule has 0 saturated carbocycles. The number of fused-ring (bicyclic) bond motifs is 1. The molecule has 2 aromatic carbocycles. The maximum atomic E-state index is 5.90. The van der Waals surface area contributed by atoms with Gasteiger partial charge < -0.3 is 5.73 Å². The number of anilines is 1. The molecule has 5 rings (SSSR count). The lowest BCUT2D eigenvalue weighted by Gasteiger charge is -2.12. The van der Waals surface area contributed by atoms with Gasteiger partial charge >= 0.3 is 0 Å². The van der Waals surface area contributed by atoms with Crippen LogP contribution in [0.25, 0.3) is 28.2 Å². The summed E-state index contributed by atoms with van der Waals surface area (Å²) in [6.45, 7) is 4.08. The van der Waals surface area contributed by atoms with Crippen molar-refractivity contribution in [2.75, 3.05) is 5.73 Å². The number of rotatable bonds is 6. The Hall–Kier alpha value is -4.14. The molecule has 0 spiro atoms. The van der Waals surface area contributed by atoms with E-state index < -0.39 is 0 Å². The van der Waals surface area contributed by atoms with E-state index in [4.69, 9.17) is 10.7 Å². The number of H-pyrrole nitrogens is 1. The Morgan fingerprint density at radius 3 is 2.50 bits per heavy atom. The first kappa shape index (κ1) is 19.8. The van der Waals surface area contributed by atoms with Gasteiger partial charge in [0.15, 0.2) is 5.65 Å². The first-order valence-electron chi connectivity index (χ1n) is 10.6. The summed E-state index contributed by atoms with van der Waals surface area (Å²) < 4.78 is 1.74. The van der Waals surface area contributed by atoms with Gasteiger partial charge in [0, 0.05) is 23.2 Å². The van der Waals surface area contributed by atoms with Gasteiger partial charge in [0.05, 0.1) is 0 Å². The summed E-state index contributed by atoms with van der Waals surface area (Å²) in [5.74, 6) is 1.63. The number of hydrogen-bond acceptors (Lipinski definition) is 7. The standard InChI is InChI=1S/C23H23N9/c1-3-6-20-19(22-26-23(24)29-32(22)14(2)25-20)13-15-9-11-16(12-10-15)17-7-4-5-8-18(17)21-27-30-31-28-21/h4-5,7-12H,3,6,13H2,1-2H3,(H2,24,29)(H,27,28,30,31). The summed E-state index contributed by atoms with van der Waals surface area (Å²) in [5.41, 5.74) is 13.0. The van der Waals surface area contributed by atoms with Crippen LogP contribution in [0.1, 0.15) is 36.0 Å². The summed E-state index contributed by atoms with van der Waals surface area (Å²) in [6, 6.07) is 16.5. The fourth-order valence-electron chi connectivity index (χ4n) is 4.02. The predicted octanol–water partition coefficient (Wildman–Crippen LogP) is 3.41. The second-order valence-electron chi connectivity index (χ2n) is 7.69. The maximum absolute atomic E-state index is 5.90. The van der Waals surface area contributed by atoms with Crippen molar-refractivity contribution in [3.63, 3.8) is 0 Å². The minimum Gasteiger partial charge on any atom is -0.366 e. The quantitative estimate of drug-likeness (QED) is 0.427. The molecule has 0 unspecified atom stereocenters. The number of tetrazole rings is 1. The predicted molar refractivity (Wildman–Crippen MR) is 122 cm³/mol. The minimum atomic E-state index is 0.262. The molecule has 0 saturated heterocycles. The van der Waals surface area contributed by atoms with Crippen LogP contribution in [0.3, 0.4) is 0 Å². The van der Waals surface area contributed by atoms with Crippen molar-refractivity contribution in [3.8, 4) is 22.5 Å². The number of aromatic amines is 1. The van der Waals surface area contributed by atoms with Gasteiger partial charge in [-0.1, -0.05) is 61.9 Å². The molecule has 9 heteroatoms. The number of nitrogens with two attached hydrogens (primary N) is 1. The molecule has 160 valence electrons.